The van der Waals surface area contributed by atoms with E-state index in [1.807, 2.05) is 0 Å². The first-order chi connectivity index (χ1) is 11.2. The number of hydrogen-bond acceptors (Lipinski definition) is 4. The van der Waals surface area contributed by atoms with Crippen LogP contribution in [0.3, 0.4) is 0 Å². The Morgan fingerprint density at radius 1 is 1.00 bits per heavy atom. The standard InChI is InChI=1S/C19H21NO3/c1-2-3-4-7-12-23-18-11-10-17(22)19(15(18)13-20)14-8-5-6-9-16(14)21/h5-6,8-11,21-22H,2-4,7,12H2,1H3. The van der Waals surface area contributed by atoms with Crippen molar-refractivity contribution in [1.29, 1.82) is 5.26 Å². The van der Waals surface area contributed by atoms with Crippen LogP contribution in [0.15, 0.2) is 36.4 Å². The molecular formula is C19H21NO3. The molecule has 120 valence electrons. The summed E-state index contributed by atoms with van der Waals surface area (Å²) in [6.07, 6.45) is 4.32. The molecule has 0 radical (unpaired) electrons. The molecular weight excluding hydrogens is 290 g/mol. The van der Waals surface area contributed by atoms with E-state index >= 15 is 0 Å². The average Bonchev–Trinajstić information content (AvgIpc) is 2.56. The summed E-state index contributed by atoms with van der Waals surface area (Å²) in [5.74, 6) is 0.390. The third kappa shape index (κ3) is 3.95. The predicted molar refractivity (Wildman–Crippen MR) is 89.6 cm³/mol. The lowest BCUT2D eigenvalue weighted by molar-refractivity contribution is 0.304. The second-order valence-electron chi connectivity index (χ2n) is 5.37. The van der Waals surface area contributed by atoms with Gasteiger partial charge in [0, 0.05) is 11.1 Å². The third-order valence-corrected chi connectivity index (χ3v) is 3.69. The van der Waals surface area contributed by atoms with Gasteiger partial charge in [-0.1, -0.05) is 44.4 Å². The Bertz CT molecular complexity index is 704. The van der Waals surface area contributed by atoms with Crippen LogP contribution < -0.4 is 4.74 Å². The number of para-hydroxylation sites is 1. The minimum absolute atomic E-state index is 0.0133. The van der Waals surface area contributed by atoms with Gasteiger partial charge in [0.1, 0.15) is 28.9 Å². The second kappa shape index (κ2) is 8.09. The Balaban J connectivity index is 2.31. The SMILES string of the molecule is CCCCCCOc1ccc(O)c(-c2ccccc2O)c1C#N. The fourth-order valence-corrected chi connectivity index (χ4v) is 2.47. The summed E-state index contributed by atoms with van der Waals surface area (Å²) in [6.45, 7) is 2.67. The van der Waals surface area contributed by atoms with Gasteiger partial charge in [0.05, 0.1) is 6.61 Å². The van der Waals surface area contributed by atoms with Crippen LogP contribution in [0.25, 0.3) is 11.1 Å². The molecule has 0 unspecified atom stereocenters. The Morgan fingerprint density at radius 3 is 2.48 bits per heavy atom. The molecule has 2 rings (SSSR count). The normalized spacial score (nSPS) is 10.3. The van der Waals surface area contributed by atoms with Crippen LogP contribution in [0.1, 0.15) is 38.2 Å². The van der Waals surface area contributed by atoms with Crippen LogP contribution in [0.2, 0.25) is 0 Å². The van der Waals surface area contributed by atoms with Crippen molar-refractivity contribution in [2.75, 3.05) is 6.61 Å². The number of rotatable bonds is 7. The van der Waals surface area contributed by atoms with E-state index in [0.717, 1.165) is 25.7 Å². The maximum atomic E-state index is 10.1. The van der Waals surface area contributed by atoms with Crippen molar-refractivity contribution in [3.8, 4) is 34.4 Å². The highest BCUT2D eigenvalue weighted by atomic mass is 16.5. The number of aromatic hydroxyl groups is 2. The number of ether oxygens (including phenoxy) is 1. The zero-order valence-corrected chi connectivity index (χ0v) is 13.2. The quantitative estimate of drug-likeness (QED) is 0.733. The second-order valence-corrected chi connectivity index (χ2v) is 5.37. The fourth-order valence-electron chi connectivity index (χ4n) is 2.47. The maximum Gasteiger partial charge on any atom is 0.137 e. The minimum atomic E-state index is -0.0543. The Kier molecular flexibility index (Phi) is 5.87. The van der Waals surface area contributed by atoms with E-state index in [9.17, 15) is 15.5 Å². The van der Waals surface area contributed by atoms with E-state index in [2.05, 4.69) is 13.0 Å². The lowest BCUT2D eigenvalue weighted by atomic mass is 9.97. The number of benzene rings is 2. The Morgan fingerprint density at radius 2 is 1.78 bits per heavy atom. The van der Waals surface area contributed by atoms with E-state index in [0.29, 0.717) is 23.5 Å². The van der Waals surface area contributed by atoms with Gasteiger partial charge in [0.25, 0.3) is 0 Å². The molecule has 0 atom stereocenters. The number of hydrogen-bond donors (Lipinski definition) is 2. The lowest BCUT2D eigenvalue weighted by Crippen LogP contribution is -2.00. The van der Waals surface area contributed by atoms with Crippen molar-refractivity contribution in [1.82, 2.24) is 0 Å². The Labute approximate surface area is 136 Å². The Hall–Kier alpha value is -2.67. The highest BCUT2D eigenvalue weighted by Gasteiger charge is 2.18. The molecule has 0 aliphatic rings. The van der Waals surface area contributed by atoms with E-state index < -0.39 is 0 Å². The fraction of sp³-hybridized carbons (Fsp3) is 0.316. The van der Waals surface area contributed by atoms with Gasteiger partial charge >= 0.3 is 0 Å². The van der Waals surface area contributed by atoms with Gasteiger partial charge in [-0.25, -0.2) is 0 Å². The molecule has 0 saturated heterocycles. The number of nitriles is 1. The third-order valence-electron chi connectivity index (χ3n) is 3.69. The molecule has 0 aromatic heterocycles. The molecule has 23 heavy (non-hydrogen) atoms. The predicted octanol–water partition coefficient (Wildman–Crippen LogP) is 4.60. The summed E-state index contributed by atoms with van der Waals surface area (Å²) in [5, 5.41) is 29.7. The molecule has 0 heterocycles. The average molecular weight is 311 g/mol. The highest BCUT2D eigenvalue weighted by molar-refractivity contribution is 5.82. The van der Waals surface area contributed by atoms with Gasteiger partial charge in [0.15, 0.2) is 0 Å². The smallest absolute Gasteiger partial charge is 0.137 e. The van der Waals surface area contributed by atoms with Gasteiger partial charge in [-0.3, -0.25) is 0 Å². The number of phenolic OH excluding ortho intramolecular Hbond substituents is 2. The van der Waals surface area contributed by atoms with E-state index in [1.54, 1.807) is 24.3 Å². The molecule has 0 fully saturated rings. The van der Waals surface area contributed by atoms with Gasteiger partial charge in [-0.2, -0.15) is 5.26 Å². The molecule has 0 bridgehead atoms. The zero-order chi connectivity index (χ0) is 16.7. The van der Waals surface area contributed by atoms with Crippen LogP contribution >= 0.6 is 0 Å². The first-order valence-corrected chi connectivity index (χ1v) is 7.86. The number of nitrogens with zero attached hydrogens (tertiary/aromatic N) is 1. The van der Waals surface area contributed by atoms with Crippen LogP contribution in [0, 0.1) is 11.3 Å². The molecule has 2 aromatic rings. The molecule has 0 spiro atoms. The van der Waals surface area contributed by atoms with Gasteiger partial charge < -0.3 is 14.9 Å². The summed E-state index contributed by atoms with van der Waals surface area (Å²) in [5.41, 5.74) is 0.955. The molecule has 0 aliphatic carbocycles. The van der Waals surface area contributed by atoms with Crippen molar-refractivity contribution in [2.24, 2.45) is 0 Å². The first kappa shape index (κ1) is 16.7. The molecule has 2 N–H and O–H groups in total. The summed E-state index contributed by atoms with van der Waals surface area (Å²) < 4.78 is 5.72. The molecule has 4 heteroatoms. The summed E-state index contributed by atoms with van der Waals surface area (Å²) in [4.78, 5) is 0. The minimum Gasteiger partial charge on any atom is -0.507 e. The molecule has 4 nitrogen and oxygen atoms in total. The van der Waals surface area contributed by atoms with Crippen molar-refractivity contribution >= 4 is 0 Å². The highest BCUT2D eigenvalue weighted by Crippen LogP contribution is 2.41. The van der Waals surface area contributed by atoms with Gasteiger partial charge in [0.2, 0.25) is 0 Å². The number of phenols is 2. The number of unbranched alkanes of at least 4 members (excludes halogenated alkanes) is 3. The van der Waals surface area contributed by atoms with Gasteiger partial charge in [-0.05, 0) is 24.6 Å². The summed E-state index contributed by atoms with van der Waals surface area (Å²) in [6, 6.07) is 11.8. The van der Waals surface area contributed by atoms with Crippen molar-refractivity contribution in [2.45, 2.75) is 32.6 Å². The van der Waals surface area contributed by atoms with Crippen molar-refractivity contribution in [3.05, 3.63) is 42.0 Å². The zero-order valence-electron chi connectivity index (χ0n) is 13.2. The summed E-state index contributed by atoms with van der Waals surface area (Å²) in [7, 11) is 0. The molecule has 2 aromatic carbocycles. The van der Waals surface area contributed by atoms with Crippen LogP contribution in [-0.4, -0.2) is 16.8 Å². The van der Waals surface area contributed by atoms with Crippen LogP contribution in [0.4, 0.5) is 0 Å². The van der Waals surface area contributed by atoms with Crippen LogP contribution in [0.5, 0.6) is 17.2 Å². The van der Waals surface area contributed by atoms with E-state index in [1.165, 1.54) is 12.1 Å². The maximum absolute atomic E-state index is 10.1. The first-order valence-electron chi connectivity index (χ1n) is 7.86. The van der Waals surface area contributed by atoms with Crippen LogP contribution in [-0.2, 0) is 0 Å². The van der Waals surface area contributed by atoms with E-state index in [4.69, 9.17) is 4.74 Å². The van der Waals surface area contributed by atoms with Crippen molar-refractivity contribution in [3.63, 3.8) is 0 Å². The van der Waals surface area contributed by atoms with E-state index in [-0.39, 0.29) is 17.1 Å². The lowest BCUT2D eigenvalue weighted by Gasteiger charge is -2.13. The van der Waals surface area contributed by atoms with Gasteiger partial charge in [-0.15, -0.1) is 0 Å². The van der Waals surface area contributed by atoms with Crippen molar-refractivity contribution < 1.29 is 14.9 Å². The molecule has 0 aliphatic heterocycles. The molecule has 0 saturated carbocycles. The molecule has 0 amide bonds. The largest absolute Gasteiger partial charge is 0.507 e. The topological polar surface area (TPSA) is 73.5 Å². The summed E-state index contributed by atoms with van der Waals surface area (Å²) >= 11 is 0. The monoisotopic (exact) mass is 311 g/mol.